The van der Waals surface area contributed by atoms with E-state index in [-0.39, 0.29) is 31.1 Å². The maximum atomic E-state index is 12.7. The van der Waals surface area contributed by atoms with Crippen LogP contribution in [0, 0.1) is 0 Å². The summed E-state index contributed by atoms with van der Waals surface area (Å²) >= 11 is 0. The lowest BCUT2D eigenvalue weighted by Gasteiger charge is -2.18. The first-order valence-corrected chi connectivity index (χ1v) is 27.5. The van der Waals surface area contributed by atoms with Gasteiger partial charge < -0.3 is 14.2 Å². The van der Waals surface area contributed by atoms with Crippen molar-refractivity contribution in [1.82, 2.24) is 0 Å². The SMILES string of the molecule is CCCCCCCCCCCCCCCCCCCCCCCCCCCCC(=O)OCC(COC(=O)CCCCCCC)OC(=O)CCCCCCCCCCCCCC. The van der Waals surface area contributed by atoms with E-state index in [1.54, 1.807) is 0 Å². The molecule has 0 aliphatic rings. The maximum Gasteiger partial charge on any atom is 0.306 e. The summed E-state index contributed by atoms with van der Waals surface area (Å²) in [5.41, 5.74) is 0. The highest BCUT2D eigenvalue weighted by molar-refractivity contribution is 5.71. The zero-order valence-corrected chi connectivity index (χ0v) is 41.5. The van der Waals surface area contributed by atoms with Gasteiger partial charge in [-0.25, -0.2) is 0 Å². The second-order valence-corrected chi connectivity index (χ2v) is 18.9. The van der Waals surface area contributed by atoms with E-state index in [0.717, 1.165) is 64.2 Å². The Morgan fingerprint density at radius 2 is 0.443 bits per heavy atom. The first-order chi connectivity index (χ1) is 30.0. The van der Waals surface area contributed by atoms with Gasteiger partial charge in [0.15, 0.2) is 6.10 Å². The molecule has 61 heavy (non-hydrogen) atoms. The summed E-state index contributed by atoms with van der Waals surface area (Å²) in [7, 11) is 0. The summed E-state index contributed by atoms with van der Waals surface area (Å²) in [5, 5.41) is 0. The van der Waals surface area contributed by atoms with E-state index < -0.39 is 6.10 Å². The summed E-state index contributed by atoms with van der Waals surface area (Å²) in [5.74, 6) is -0.858. The van der Waals surface area contributed by atoms with Gasteiger partial charge >= 0.3 is 17.9 Å². The standard InChI is InChI=1S/C55H106O6/c1-4-7-10-13-15-17-19-21-22-23-24-25-26-27-28-29-30-31-32-33-34-36-37-39-42-45-48-54(57)60-51-52(50-59-53(56)47-44-41-12-9-6-3)61-55(58)49-46-43-40-38-35-20-18-16-14-11-8-5-2/h52H,4-51H2,1-3H3. The molecule has 6 nitrogen and oxygen atoms in total. The van der Waals surface area contributed by atoms with E-state index in [0.29, 0.717) is 19.3 Å². The third kappa shape index (κ3) is 49.3. The van der Waals surface area contributed by atoms with Crippen molar-refractivity contribution in [1.29, 1.82) is 0 Å². The molecule has 1 atom stereocenters. The van der Waals surface area contributed by atoms with Crippen LogP contribution in [-0.4, -0.2) is 37.2 Å². The molecular weight excluding hydrogens is 757 g/mol. The lowest BCUT2D eigenvalue weighted by Crippen LogP contribution is -2.30. The number of carbonyl (C=O) groups excluding carboxylic acids is 3. The smallest absolute Gasteiger partial charge is 0.306 e. The molecule has 0 aromatic heterocycles. The summed E-state index contributed by atoms with van der Waals surface area (Å²) in [6.07, 6.45) is 55.8. The van der Waals surface area contributed by atoms with Crippen molar-refractivity contribution in [3.05, 3.63) is 0 Å². The van der Waals surface area contributed by atoms with Crippen LogP contribution in [0.1, 0.15) is 316 Å². The Balaban J connectivity index is 3.93. The number of carbonyl (C=O) groups is 3. The molecule has 0 spiro atoms. The Bertz CT molecular complexity index is 905. The maximum absolute atomic E-state index is 12.7. The van der Waals surface area contributed by atoms with Crippen LogP contribution in [0.5, 0.6) is 0 Å². The lowest BCUT2D eigenvalue weighted by molar-refractivity contribution is -0.167. The van der Waals surface area contributed by atoms with Gasteiger partial charge in [-0.05, 0) is 19.3 Å². The van der Waals surface area contributed by atoms with Crippen LogP contribution in [-0.2, 0) is 28.6 Å². The third-order valence-corrected chi connectivity index (χ3v) is 12.6. The van der Waals surface area contributed by atoms with E-state index in [9.17, 15) is 14.4 Å². The van der Waals surface area contributed by atoms with Gasteiger partial charge in [-0.3, -0.25) is 14.4 Å². The van der Waals surface area contributed by atoms with E-state index in [2.05, 4.69) is 20.8 Å². The number of unbranched alkanes of at least 4 members (excludes halogenated alkanes) is 40. The molecule has 6 heteroatoms. The fourth-order valence-corrected chi connectivity index (χ4v) is 8.45. The van der Waals surface area contributed by atoms with Crippen LogP contribution in [0.25, 0.3) is 0 Å². The number of ether oxygens (including phenoxy) is 3. The average molecular weight is 863 g/mol. The predicted molar refractivity (Wildman–Crippen MR) is 261 cm³/mol. The zero-order chi connectivity index (χ0) is 44.4. The monoisotopic (exact) mass is 863 g/mol. The molecular formula is C55H106O6. The van der Waals surface area contributed by atoms with Crippen molar-refractivity contribution in [3.8, 4) is 0 Å². The fraction of sp³-hybridized carbons (Fsp3) is 0.945. The molecule has 0 N–H and O–H groups in total. The Hall–Kier alpha value is -1.59. The van der Waals surface area contributed by atoms with Gasteiger partial charge in [0.2, 0.25) is 0 Å². The normalized spacial score (nSPS) is 11.9. The topological polar surface area (TPSA) is 78.9 Å². The molecule has 0 bridgehead atoms. The Kier molecular flexibility index (Phi) is 49.7. The lowest BCUT2D eigenvalue weighted by atomic mass is 10.0. The quantitative estimate of drug-likeness (QED) is 0.0344. The van der Waals surface area contributed by atoms with Crippen LogP contribution in [0.3, 0.4) is 0 Å². The molecule has 362 valence electrons. The molecule has 0 fully saturated rings. The van der Waals surface area contributed by atoms with Crippen molar-refractivity contribution in [2.75, 3.05) is 13.2 Å². The van der Waals surface area contributed by atoms with Gasteiger partial charge in [-0.2, -0.15) is 0 Å². The summed E-state index contributed by atoms with van der Waals surface area (Å²) in [6, 6.07) is 0. The molecule has 0 aliphatic heterocycles. The molecule has 1 unspecified atom stereocenters. The second-order valence-electron chi connectivity index (χ2n) is 18.9. The second kappa shape index (κ2) is 51.0. The minimum atomic E-state index is -0.758. The molecule has 0 aromatic rings. The molecule has 0 amide bonds. The molecule has 0 aliphatic carbocycles. The summed E-state index contributed by atoms with van der Waals surface area (Å²) in [4.78, 5) is 37.6. The van der Waals surface area contributed by atoms with Gasteiger partial charge in [0, 0.05) is 19.3 Å². The molecule has 0 radical (unpaired) electrons. The number of esters is 3. The highest BCUT2D eigenvalue weighted by atomic mass is 16.6. The van der Waals surface area contributed by atoms with E-state index in [1.165, 1.54) is 212 Å². The fourth-order valence-electron chi connectivity index (χ4n) is 8.45. The first kappa shape index (κ1) is 59.4. The third-order valence-electron chi connectivity index (χ3n) is 12.6. The minimum Gasteiger partial charge on any atom is -0.462 e. The summed E-state index contributed by atoms with van der Waals surface area (Å²) < 4.78 is 16.7. The van der Waals surface area contributed by atoms with E-state index in [4.69, 9.17) is 14.2 Å². The zero-order valence-electron chi connectivity index (χ0n) is 41.5. The molecule has 0 saturated carbocycles. The van der Waals surface area contributed by atoms with E-state index >= 15 is 0 Å². The van der Waals surface area contributed by atoms with Crippen molar-refractivity contribution < 1.29 is 28.6 Å². The predicted octanol–water partition coefficient (Wildman–Crippen LogP) is 18.0. The molecule has 0 rings (SSSR count). The average Bonchev–Trinajstić information content (AvgIpc) is 3.26. The Labute approximate surface area is 380 Å². The number of rotatable bonds is 51. The van der Waals surface area contributed by atoms with Gasteiger partial charge in [-0.1, -0.05) is 278 Å². The Morgan fingerprint density at radius 3 is 0.656 bits per heavy atom. The highest BCUT2D eigenvalue weighted by Crippen LogP contribution is 2.17. The van der Waals surface area contributed by atoms with Crippen LogP contribution in [0.15, 0.2) is 0 Å². The molecule has 0 aromatic carbocycles. The Morgan fingerprint density at radius 1 is 0.262 bits per heavy atom. The van der Waals surface area contributed by atoms with Crippen molar-refractivity contribution in [2.45, 2.75) is 322 Å². The van der Waals surface area contributed by atoms with Gasteiger partial charge in [0.25, 0.3) is 0 Å². The summed E-state index contributed by atoms with van der Waals surface area (Å²) in [6.45, 7) is 6.60. The van der Waals surface area contributed by atoms with Crippen LogP contribution in [0.2, 0.25) is 0 Å². The van der Waals surface area contributed by atoms with Gasteiger partial charge in [-0.15, -0.1) is 0 Å². The first-order valence-electron chi connectivity index (χ1n) is 27.5. The van der Waals surface area contributed by atoms with Crippen molar-refractivity contribution in [3.63, 3.8) is 0 Å². The van der Waals surface area contributed by atoms with Crippen LogP contribution >= 0.6 is 0 Å². The molecule has 0 heterocycles. The molecule has 0 saturated heterocycles. The highest BCUT2D eigenvalue weighted by Gasteiger charge is 2.19. The number of hydrogen-bond acceptors (Lipinski definition) is 6. The van der Waals surface area contributed by atoms with E-state index in [1.807, 2.05) is 0 Å². The van der Waals surface area contributed by atoms with Crippen molar-refractivity contribution >= 4 is 17.9 Å². The van der Waals surface area contributed by atoms with Crippen LogP contribution < -0.4 is 0 Å². The number of hydrogen-bond donors (Lipinski definition) is 0. The van der Waals surface area contributed by atoms with Crippen molar-refractivity contribution in [2.24, 2.45) is 0 Å². The largest absolute Gasteiger partial charge is 0.462 e. The van der Waals surface area contributed by atoms with Gasteiger partial charge in [0.1, 0.15) is 13.2 Å². The minimum absolute atomic E-state index is 0.0632. The van der Waals surface area contributed by atoms with Gasteiger partial charge in [0.05, 0.1) is 0 Å². The van der Waals surface area contributed by atoms with Crippen LogP contribution in [0.4, 0.5) is 0 Å².